The highest BCUT2D eigenvalue weighted by molar-refractivity contribution is 5.45. The van der Waals surface area contributed by atoms with Crippen LogP contribution in [0.5, 0.6) is 0 Å². The van der Waals surface area contributed by atoms with Crippen LogP contribution in [0.15, 0.2) is 24.3 Å². The molecule has 1 rings (SSSR count). The fourth-order valence-electron chi connectivity index (χ4n) is 1.49. The Kier molecular flexibility index (Phi) is 3.96. The van der Waals surface area contributed by atoms with Gasteiger partial charge in [-0.15, -0.1) is 0 Å². The fraction of sp³-hybridized carbons (Fsp3) is 0.500. The summed E-state index contributed by atoms with van der Waals surface area (Å²) in [6.45, 7) is 6.38. The van der Waals surface area contributed by atoms with Crippen molar-refractivity contribution in [2.75, 3.05) is 12.2 Å². The minimum Gasteiger partial charge on any atom is -0.277 e. The number of nitrogens with zero attached hydrogens (tertiary/aromatic N) is 1. The van der Waals surface area contributed by atoms with Gasteiger partial charge in [-0.2, -0.15) is 0 Å². The molecule has 78 valence electrons. The number of rotatable bonds is 4. The molecule has 0 aliphatic rings. The van der Waals surface area contributed by atoms with Crippen LogP contribution in [0.25, 0.3) is 0 Å². The van der Waals surface area contributed by atoms with E-state index in [0.717, 1.165) is 12.1 Å². The van der Waals surface area contributed by atoms with Crippen LogP contribution in [0, 0.1) is 0 Å². The molecule has 0 aliphatic heterocycles. The molecule has 0 saturated heterocycles. The molecule has 0 fully saturated rings. The second-order valence-electron chi connectivity index (χ2n) is 3.62. The van der Waals surface area contributed by atoms with Gasteiger partial charge >= 0.3 is 0 Å². The third-order valence-electron chi connectivity index (χ3n) is 2.26. The minimum absolute atomic E-state index is 0.354. The Morgan fingerprint density at radius 2 is 1.79 bits per heavy atom. The highest BCUT2D eigenvalue weighted by atomic mass is 16.7. The Balaban J connectivity index is 2.84. The zero-order valence-corrected chi connectivity index (χ0v) is 9.45. The van der Waals surface area contributed by atoms with Gasteiger partial charge in [0.05, 0.1) is 18.8 Å². The van der Waals surface area contributed by atoms with Crippen molar-refractivity contribution in [3.63, 3.8) is 0 Å². The van der Waals surface area contributed by atoms with Crippen LogP contribution in [0.4, 0.5) is 5.69 Å². The lowest BCUT2D eigenvalue weighted by Crippen LogP contribution is -2.29. The lowest BCUT2D eigenvalue weighted by Gasteiger charge is -2.25. The summed E-state index contributed by atoms with van der Waals surface area (Å²) in [5.41, 5.74) is 2.47. The lowest BCUT2D eigenvalue weighted by atomic mass is 10.1. The van der Waals surface area contributed by atoms with E-state index < -0.39 is 0 Å². The van der Waals surface area contributed by atoms with Crippen molar-refractivity contribution in [3.05, 3.63) is 29.8 Å². The molecule has 0 aliphatic carbocycles. The van der Waals surface area contributed by atoms with Crippen molar-refractivity contribution < 1.29 is 4.84 Å². The van der Waals surface area contributed by atoms with Crippen molar-refractivity contribution in [1.29, 1.82) is 0 Å². The van der Waals surface area contributed by atoms with E-state index in [1.54, 1.807) is 7.11 Å². The van der Waals surface area contributed by atoms with Gasteiger partial charge in [0.2, 0.25) is 0 Å². The van der Waals surface area contributed by atoms with Crippen LogP contribution < -0.4 is 5.06 Å². The summed E-state index contributed by atoms with van der Waals surface area (Å²) in [5.74, 6) is 0. The van der Waals surface area contributed by atoms with Crippen molar-refractivity contribution in [2.24, 2.45) is 0 Å². The van der Waals surface area contributed by atoms with Crippen LogP contribution in [0.2, 0.25) is 0 Å². The van der Waals surface area contributed by atoms with Gasteiger partial charge < -0.3 is 0 Å². The van der Waals surface area contributed by atoms with E-state index in [1.807, 2.05) is 5.06 Å². The first-order valence-corrected chi connectivity index (χ1v) is 5.11. The maximum absolute atomic E-state index is 5.30. The van der Waals surface area contributed by atoms with Gasteiger partial charge in [-0.1, -0.05) is 19.1 Å². The summed E-state index contributed by atoms with van der Waals surface area (Å²) < 4.78 is 0. The number of benzene rings is 1. The van der Waals surface area contributed by atoms with E-state index in [-0.39, 0.29) is 0 Å². The molecular formula is C12H19NO. The SMILES string of the molecule is CCc1ccc(N(OC)C(C)C)cc1. The monoisotopic (exact) mass is 193 g/mol. The molecule has 2 heteroatoms. The van der Waals surface area contributed by atoms with Crippen molar-refractivity contribution in [1.82, 2.24) is 0 Å². The first kappa shape index (κ1) is 11.1. The summed E-state index contributed by atoms with van der Waals surface area (Å²) in [4.78, 5) is 5.30. The first-order valence-electron chi connectivity index (χ1n) is 5.11. The highest BCUT2D eigenvalue weighted by Gasteiger charge is 2.08. The summed E-state index contributed by atoms with van der Waals surface area (Å²) in [6.07, 6.45) is 1.08. The number of hydroxylamine groups is 1. The maximum Gasteiger partial charge on any atom is 0.0639 e. The largest absolute Gasteiger partial charge is 0.277 e. The van der Waals surface area contributed by atoms with E-state index in [4.69, 9.17) is 4.84 Å². The van der Waals surface area contributed by atoms with Gasteiger partial charge in [0, 0.05) is 0 Å². The minimum atomic E-state index is 0.354. The molecule has 1 aromatic carbocycles. The average Bonchev–Trinajstić information content (AvgIpc) is 2.19. The molecule has 14 heavy (non-hydrogen) atoms. The third-order valence-corrected chi connectivity index (χ3v) is 2.26. The van der Waals surface area contributed by atoms with Gasteiger partial charge in [0.1, 0.15) is 0 Å². The van der Waals surface area contributed by atoms with Crippen LogP contribution >= 0.6 is 0 Å². The Labute approximate surface area is 86.4 Å². The number of anilines is 1. The lowest BCUT2D eigenvalue weighted by molar-refractivity contribution is 0.148. The zero-order chi connectivity index (χ0) is 10.6. The second kappa shape index (κ2) is 5.01. The Hall–Kier alpha value is -1.02. The van der Waals surface area contributed by atoms with Gasteiger partial charge in [0.25, 0.3) is 0 Å². The van der Waals surface area contributed by atoms with Crippen LogP contribution in [-0.4, -0.2) is 13.2 Å². The Bertz CT molecular complexity index is 266. The van der Waals surface area contributed by atoms with Gasteiger partial charge in [0.15, 0.2) is 0 Å². The van der Waals surface area contributed by atoms with E-state index in [9.17, 15) is 0 Å². The van der Waals surface area contributed by atoms with Crippen molar-refractivity contribution in [2.45, 2.75) is 33.2 Å². The topological polar surface area (TPSA) is 12.5 Å². The summed E-state index contributed by atoms with van der Waals surface area (Å²) >= 11 is 0. The molecular weight excluding hydrogens is 174 g/mol. The molecule has 2 nitrogen and oxygen atoms in total. The molecule has 0 saturated carbocycles. The van der Waals surface area contributed by atoms with Gasteiger partial charge in [-0.25, -0.2) is 0 Å². The molecule has 0 N–H and O–H groups in total. The van der Waals surface area contributed by atoms with E-state index in [1.165, 1.54) is 5.56 Å². The Morgan fingerprint density at radius 1 is 1.21 bits per heavy atom. The molecule has 0 unspecified atom stereocenters. The molecule has 0 heterocycles. The molecule has 0 spiro atoms. The second-order valence-corrected chi connectivity index (χ2v) is 3.62. The predicted molar refractivity (Wildman–Crippen MR) is 60.4 cm³/mol. The van der Waals surface area contributed by atoms with E-state index in [0.29, 0.717) is 6.04 Å². The number of aryl methyl sites for hydroxylation is 1. The predicted octanol–water partition coefficient (Wildman–Crippen LogP) is 3.03. The third kappa shape index (κ3) is 2.48. The molecule has 0 amide bonds. The smallest absolute Gasteiger partial charge is 0.0639 e. The maximum atomic E-state index is 5.30. The van der Waals surface area contributed by atoms with E-state index >= 15 is 0 Å². The Morgan fingerprint density at radius 3 is 2.14 bits per heavy atom. The first-order chi connectivity index (χ1) is 6.69. The van der Waals surface area contributed by atoms with Crippen molar-refractivity contribution in [3.8, 4) is 0 Å². The quantitative estimate of drug-likeness (QED) is 0.681. The molecule has 0 bridgehead atoms. The number of hydrogen-bond donors (Lipinski definition) is 0. The summed E-state index contributed by atoms with van der Waals surface area (Å²) in [5, 5.41) is 1.90. The van der Waals surface area contributed by atoms with Crippen LogP contribution in [0.1, 0.15) is 26.3 Å². The van der Waals surface area contributed by atoms with Crippen LogP contribution in [-0.2, 0) is 11.3 Å². The molecule has 0 aromatic heterocycles. The molecule has 0 atom stereocenters. The molecule has 1 aromatic rings. The normalized spacial score (nSPS) is 10.6. The van der Waals surface area contributed by atoms with E-state index in [2.05, 4.69) is 45.0 Å². The van der Waals surface area contributed by atoms with Crippen LogP contribution in [0.3, 0.4) is 0 Å². The summed E-state index contributed by atoms with van der Waals surface area (Å²) in [6, 6.07) is 8.84. The van der Waals surface area contributed by atoms with Gasteiger partial charge in [-0.05, 0) is 38.0 Å². The highest BCUT2D eigenvalue weighted by Crippen LogP contribution is 2.17. The molecule has 0 radical (unpaired) electrons. The average molecular weight is 193 g/mol. The zero-order valence-electron chi connectivity index (χ0n) is 9.45. The summed E-state index contributed by atoms with van der Waals surface area (Å²) in [7, 11) is 1.70. The fourth-order valence-corrected chi connectivity index (χ4v) is 1.49. The van der Waals surface area contributed by atoms with Gasteiger partial charge in [-0.3, -0.25) is 9.90 Å². The number of hydrogen-bond acceptors (Lipinski definition) is 2. The standard InChI is InChI=1S/C12H19NO/c1-5-11-6-8-12(9-7-11)13(14-4)10(2)3/h6-10H,5H2,1-4H3. The van der Waals surface area contributed by atoms with Crippen molar-refractivity contribution >= 4 is 5.69 Å².